The van der Waals surface area contributed by atoms with Crippen molar-refractivity contribution in [2.75, 3.05) is 14.2 Å². The van der Waals surface area contributed by atoms with Crippen LogP contribution in [0.4, 0.5) is 0 Å². The van der Waals surface area contributed by atoms with Crippen LogP contribution in [0, 0.1) is 0 Å². The maximum Gasteiger partial charge on any atom is 0.319 e. The first-order valence-electron chi connectivity index (χ1n) is 8.05. The molecule has 27 heavy (non-hydrogen) atoms. The number of nitrogens with zero attached hydrogens (tertiary/aromatic N) is 3. The van der Waals surface area contributed by atoms with Crippen molar-refractivity contribution < 1.29 is 9.47 Å². The zero-order valence-electron chi connectivity index (χ0n) is 14.6. The minimum Gasteiger partial charge on any atom is -0.480 e. The second-order valence-corrected chi connectivity index (χ2v) is 7.08. The third-order valence-corrected chi connectivity index (χ3v) is 5.32. The third kappa shape index (κ3) is 3.43. The Morgan fingerprint density at radius 1 is 1.04 bits per heavy atom. The van der Waals surface area contributed by atoms with Crippen LogP contribution in [0.15, 0.2) is 58.6 Å². The van der Waals surface area contributed by atoms with Crippen LogP contribution in [0.2, 0.25) is 5.02 Å². The lowest BCUT2D eigenvalue weighted by Gasteiger charge is -2.09. The molecule has 0 saturated heterocycles. The highest BCUT2D eigenvalue weighted by molar-refractivity contribution is 7.99. The molecule has 1 aromatic carbocycles. The molecule has 6 nitrogen and oxygen atoms in total. The summed E-state index contributed by atoms with van der Waals surface area (Å²) in [4.78, 5) is 18.4. The molecule has 8 heteroatoms. The fourth-order valence-electron chi connectivity index (χ4n) is 2.69. The molecular weight excluding hydrogens is 384 g/mol. The van der Waals surface area contributed by atoms with Crippen molar-refractivity contribution in [3.8, 4) is 23.1 Å². The van der Waals surface area contributed by atoms with Crippen molar-refractivity contribution in [3.63, 3.8) is 0 Å². The van der Waals surface area contributed by atoms with Gasteiger partial charge in [-0.25, -0.2) is 9.97 Å². The summed E-state index contributed by atoms with van der Waals surface area (Å²) in [6.07, 6.45) is 3.43. The van der Waals surface area contributed by atoms with Crippen molar-refractivity contribution in [1.29, 1.82) is 0 Å². The van der Waals surface area contributed by atoms with E-state index in [1.54, 1.807) is 31.3 Å². The van der Waals surface area contributed by atoms with Gasteiger partial charge in [-0.15, -0.1) is 0 Å². The third-order valence-electron chi connectivity index (χ3n) is 3.93. The minimum atomic E-state index is 0.247. The molecule has 0 aliphatic rings. The Morgan fingerprint density at radius 2 is 1.85 bits per heavy atom. The highest BCUT2D eigenvalue weighted by Gasteiger charge is 2.20. The fourth-order valence-corrected chi connectivity index (χ4v) is 3.86. The smallest absolute Gasteiger partial charge is 0.319 e. The second-order valence-electron chi connectivity index (χ2n) is 5.56. The summed E-state index contributed by atoms with van der Waals surface area (Å²) in [6.45, 7) is 0. The number of hydrogen-bond donors (Lipinski definition) is 1. The van der Waals surface area contributed by atoms with Crippen LogP contribution in [-0.4, -0.2) is 34.2 Å². The predicted octanol–water partition coefficient (Wildman–Crippen LogP) is 4.84. The lowest BCUT2D eigenvalue weighted by Crippen LogP contribution is -1.98. The van der Waals surface area contributed by atoms with Gasteiger partial charge in [-0.2, -0.15) is 4.98 Å². The van der Waals surface area contributed by atoms with Crippen LogP contribution >= 0.6 is 23.4 Å². The van der Waals surface area contributed by atoms with Crippen LogP contribution in [0.5, 0.6) is 11.9 Å². The fraction of sp³-hybridized carbons (Fsp3) is 0.105. The standard InChI is InChI=1S/C19H15ClN4O2S/c1-25-18-14(10-22-19(24-18)26-2)15-16(13-4-3-9-21-17(13)23-15)27-12-7-5-11(20)6-8-12/h3-10H,1-2H3,(H,21,23). The van der Waals surface area contributed by atoms with E-state index in [-0.39, 0.29) is 6.01 Å². The van der Waals surface area contributed by atoms with E-state index in [9.17, 15) is 0 Å². The van der Waals surface area contributed by atoms with Gasteiger partial charge in [0.1, 0.15) is 5.65 Å². The van der Waals surface area contributed by atoms with E-state index >= 15 is 0 Å². The molecule has 4 aromatic rings. The number of pyridine rings is 1. The number of benzene rings is 1. The lowest BCUT2D eigenvalue weighted by atomic mass is 10.2. The zero-order chi connectivity index (χ0) is 18.8. The van der Waals surface area contributed by atoms with Crippen LogP contribution < -0.4 is 9.47 Å². The number of ether oxygens (including phenoxy) is 2. The van der Waals surface area contributed by atoms with E-state index in [2.05, 4.69) is 19.9 Å². The van der Waals surface area contributed by atoms with Crippen molar-refractivity contribution in [2.45, 2.75) is 9.79 Å². The molecular formula is C19H15ClN4O2S. The molecule has 0 unspecified atom stereocenters. The number of halogens is 1. The van der Waals surface area contributed by atoms with Gasteiger partial charge in [0, 0.05) is 32.6 Å². The summed E-state index contributed by atoms with van der Waals surface area (Å²) < 4.78 is 10.6. The number of fused-ring (bicyclic) bond motifs is 1. The molecule has 0 fully saturated rings. The number of aromatic nitrogens is 4. The van der Waals surface area contributed by atoms with E-state index in [0.717, 1.165) is 32.1 Å². The quantitative estimate of drug-likeness (QED) is 0.518. The van der Waals surface area contributed by atoms with Crippen LogP contribution in [-0.2, 0) is 0 Å². The van der Waals surface area contributed by atoms with Gasteiger partial charge in [0.15, 0.2) is 0 Å². The Bertz CT molecular complexity index is 1100. The van der Waals surface area contributed by atoms with Crippen molar-refractivity contribution in [1.82, 2.24) is 19.9 Å². The second kappa shape index (κ2) is 7.46. The average molecular weight is 399 g/mol. The number of H-pyrrole nitrogens is 1. The molecule has 0 saturated carbocycles. The van der Waals surface area contributed by atoms with E-state index in [1.807, 2.05) is 36.4 Å². The van der Waals surface area contributed by atoms with Crippen molar-refractivity contribution in [3.05, 3.63) is 53.8 Å². The predicted molar refractivity (Wildman–Crippen MR) is 106 cm³/mol. The molecule has 0 radical (unpaired) electrons. The first kappa shape index (κ1) is 17.6. The van der Waals surface area contributed by atoms with Gasteiger partial charge in [0.05, 0.1) is 25.5 Å². The Kier molecular flexibility index (Phi) is 4.87. The highest BCUT2D eigenvalue weighted by atomic mass is 35.5. The first-order valence-corrected chi connectivity index (χ1v) is 9.24. The molecule has 0 amide bonds. The van der Waals surface area contributed by atoms with Gasteiger partial charge >= 0.3 is 6.01 Å². The molecule has 0 atom stereocenters. The Hall–Kier alpha value is -2.77. The Labute approximate surface area is 164 Å². The molecule has 4 rings (SSSR count). The highest BCUT2D eigenvalue weighted by Crippen LogP contribution is 2.43. The normalized spacial score (nSPS) is 10.9. The zero-order valence-corrected chi connectivity index (χ0v) is 16.1. The van der Waals surface area contributed by atoms with Crippen LogP contribution in [0.25, 0.3) is 22.3 Å². The maximum absolute atomic E-state index is 6.01. The Morgan fingerprint density at radius 3 is 2.59 bits per heavy atom. The van der Waals surface area contributed by atoms with Crippen molar-refractivity contribution in [2.24, 2.45) is 0 Å². The van der Waals surface area contributed by atoms with Crippen LogP contribution in [0.3, 0.4) is 0 Å². The lowest BCUT2D eigenvalue weighted by molar-refractivity contribution is 0.353. The van der Waals surface area contributed by atoms with E-state index in [1.165, 1.54) is 7.11 Å². The molecule has 1 N–H and O–H groups in total. The molecule has 0 aliphatic carbocycles. The number of aromatic amines is 1. The van der Waals surface area contributed by atoms with Gasteiger partial charge in [0.25, 0.3) is 0 Å². The summed E-state index contributed by atoms with van der Waals surface area (Å²) in [6, 6.07) is 11.9. The topological polar surface area (TPSA) is 72.9 Å². The monoisotopic (exact) mass is 398 g/mol. The molecule has 136 valence electrons. The summed E-state index contributed by atoms with van der Waals surface area (Å²) >= 11 is 7.62. The molecule has 3 heterocycles. The summed E-state index contributed by atoms with van der Waals surface area (Å²) in [5, 5.41) is 1.70. The van der Waals surface area contributed by atoms with E-state index in [4.69, 9.17) is 21.1 Å². The molecule has 0 aliphatic heterocycles. The van der Waals surface area contributed by atoms with Crippen LogP contribution in [0.1, 0.15) is 0 Å². The summed E-state index contributed by atoms with van der Waals surface area (Å²) in [5.74, 6) is 0.423. The first-order chi connectivity index (χ1) is 13.2. The average Bonchev–Trinajstić information content (AvgIpc) is 3.07. The van der Waals surface area contributed by atoms with Gasteiger partial charge in [-0.05, 0) is 36.4 Å². The van der Waals surface area contributed by atoms with Gasteiger partial charge in [-0.3, -0.25) is 0 Å². The Balaban J connectivity index is 1.89. The van der Waals surface area contributed by atoms with Gasteiger partial charge in [-0.1, -0.05) is 23.4 Å². The maximum atomic E-state index is 6.01. The number of hydrogen-bond acceptors (Lipinski definition) is 6. The van der Waals surface area contributed by atoms with E-state index < -0.39 is 0 Å². The summed E-state index contributed by atoms with van der Waals surface area (Å²) in [7, 11) is 3.08. The number of nitrogens with one attached hydrogen (secondary N) is 1. The number of rotatable bonds is 5. The number of methoxy groups -OCH3 is 2. The molecule has 0 spiro atoms. The minimum absolute atomic E-state index is 0.247. The largest absolute Gasteiger partial charge is 0.480 e. The van der Waals surface area contributed by atoms with E-state index in [0.29, 0.717) is 10.9 Å². The molecule has 3 aromatic heterocycles. The van der Waals surface area contributed by atoms with Crippen molar-refractivity contribution >= 4 is 34.4 Å². The SMILES string of the molecule is COc1ncc(-c2[nH]c3ncccc3c2Sc2ccc(Cl)cc2)c(OC)n1. The van der Waals surface area contributed by atoms with Gasteiger partial charge < -0.3 is 14.5 Å². The van der Waals surface area contributed by atoms with Gasteiger partial charge in [0.2, 0.25) is 5.88 Å². The molecule has 0 bridgehead atoms. The summed E-state index contributed by atoms with van der Waals surface area (Å²) in [5.41, 5.74) is 2.35.